The number of ether oxygens (including phenoxy) is 1. The maximum Gasteiger partial charge on any atom is 0.260 e. The van der Waals surface area contributed by atoms with Crippen LogP contribution < -0.4 is 10.1 Å². The minimum atomic E-state index is -1.35. The molecule has 0 aliphatic carbocycles. The maximum atomic E-state index is 11.8. The van der Waals surface area contributed by atoms with Gasteiger partial charge in [0.15, 0.2) is 6.10 Å². The smallest absolute Gasteiger partial charge is 0.260 e. The van der Waals surface area contributed by atoms with Crippen molar-refractivity contribution in [2.45, 2.75) is 25.6 Å². The van der Waals surface area contributed by atoms with E-state index in [0.29, 0.717) is 15.2 Å². The fourth-order valence-corrected chi connectivity index (χ4v) is 2.07. The Morgan fingerprint density at radius 2 is 2.25 bits per heavy atom. The molecule has 0 radical (unpaired) electrons. The summed E-state index contributed by atoms with van der Waals surface area (Å²) in [5.41, 5.74) is -1.35. The van der Waals surface area contributed by atoms with Crippen LogP contribution in [0.5, 0.6) is 5.75 Å². The van der Waals surface area contributed by atoms with Gasteiger partial charge < -0.3 is 20.3 Å². The van der Waals surface area contributed by atoms with Crippen LogP contribution in [0.2, 0.25) is 5.02 Å². The molecular formula is C13H17BrClNO4. The van der Waals surface area contributed by atoms with E-state index in [2.05, 4.69) is 21.2 Å². The predicted octanol–water partition coefficient (Wildman–Crippen LogP) is 1.73. The summed E-state index contributed by atoms with van der Waals surface area (Å²) in [6, 6.07) is 4.97. The molecule has 0 spiro atoms. The lowest BCUT2D eigenvalue weighted by atomic mass is 10.1. The highest BCUT2D eigenvalue weighted by Gasteiger charge is 2.22. The van der Waals surface area contributed by atoms with Gasteiger partial charge in [-0.25, -0.2) is 0 Å². The van der Waals surface area contributed by atoms with Crippen LogP contribution in [0, 0.1) is 0 Å². The summed E-state index contributed by atoms with van der Waals surface area (Å²) in [5.74, 6) is 0.103. The van der Waals surface area contributed by atoms with Crippen molar-refractivity contribution in [2.24, 2.45) is 0 Å². The second-order valence-corrected chi connectivity index (χ2v) is 6.00. The van der Waals surface area contributed by atoms with Crippen LogP contribution in [0.25, 0.3) is 0 Å². The Kier molecular flexibility index (Phi) is 6.26. The molecule has 1 aromatic rings. The van der Waals surface area contributed by atoms with Crippen molar-refractivity contribution in [3.05, 3.63) is 27.7 Å². The standard InChI is InChI=1S/C13H17BrClNO4/c1-8(12(18)16-6-13(2,19)7-17)20-11-4-3-9(15)5-10(11)14/h3-5,8,17,19H,6-7H2,1-2H3,(H,16,18). The van der Waals surface area contributed by atoms with Crippen molar-refractivity contribution in [2.75, 3.05) is 13.2 Å². The highest BCUT2D eigenvalue weighted by molar-refractivity contribution is 9.10. The van der Waals surface area contributed by atoms with Crippen LogP contribution in [0.1, 0.15) is 13.8 Å². The molecule has 0 bridgehead atoms. The fourth-order valence-electron chi connectivity index (χ4n) is 1.29. The van der Waals surface area contributed by atoms with Gasteiger partial charge in [-0.3, -0.25) is 4.79 Å². The number of halogens is 2. The monoisotopic (exact) mass is 365 g/mol. The second kappa shape index (κ2) is 7.26. The molecule has 0 heterocycles. The van der Waals surface area contributed by atoms with Gasteiger partial charge in [-0.2, -0.15) is 0 Å². The third-order valence-electron chi connectivity index (χ3n) is 2.55. The molecule has 7 heteroatoms. The van der Waals surface area contributed by atoms with E-state index in [9.17, 15) is 9.90 Å². The fraction of sp³-hybridized carbons (Fsp3) is 0.462. The number of benzene rings is 1. The predicted molar refractivity (Wildman–Crippen MR) is 80.0 cm³/mol. The van der Waals surface area contributed by atoms with Crippen molar-refractivity contribution < 1.29 is 19.7 Å². The zero-order valence-corrected chi connectivity index (χ0v) is 13.5. The summed E-state index contributed by atoms with van der Waals surface area (Å²) in [6.07, 6.45) is -0.748. The lowest BCUT2D eigenvalue weighted by Crippen LogP contribution is -2.46. The van der Waals surface area contributed by atoms with Gasteiger partial charge in [-0.05, 0) is 48.0 Å². The van der Waals surface area contributed by atoms with Crippen LogP contribution in [-0.4, -0.2) is 41.0 Å². The Morgan fingerprint density at radius 1 is 1.60 bits per heavy atom. The first-order valence-electron chi connectivity index (χ1n) is 5.98. The van der Waals surface area contributed by atoms with E-state index < -0.39 is 18.3 Å². The number of hydrogen-bond donors (Lipinski definition) is 3. The largest absolute Gasteiger partial charge is 0.480 e. The molecule has 2 atom stereocenters. The Morgan fingerprint density at radius 3 is 2.80 bits per heavy atom. The Hall–Kier alpha value is -0.820. The number of rotatable bonds is 6. The van der Waals surface area contributed by atoms with Crippen LogP contribution >= 0.6 is 27.5 Å². The molecule has 0 saturated heterocycles. The summed E-state index contributed by atoms with van der Waals surface area (Å²) in [4.78, 5) is 11.8. The molecule has 112 valence electrons. The number of amides is 1. The van der Waals surface area contributed by atoms with Crippen molar-refractivity contribution in [3.8, 4) is 5.75 Å². The zero-order chi connectivity index (χ0) is 15.3. The normalized spacial score (nSPS) is 15.3. The highest BCUT2D eigenvalue weighted by atomic mass is 79.9. The number of carbonyl (C=O) groups excluding carboxylic acids is 1. The molecule has 20 heavy (non-hydrogen) atoms. The first-order chi connectivity index (χ1) is 9.25. The van der Waals surface area contributed by atoms with Crippen LogP contribution in [0.3, 0.4) is 0 Å². The summed E-state index contributed by atoms with van der Waals surface area (Å²) in [5, 5.41) is 21.5. The molecule has 0 aliphatic rings. The maximum absolute atomic E-state index is 11.8. The van der Waals surface area contributed by atoms with Crippen molar-refractivity contribution in [1.29, 1.82) is 0 Å². The van der Waals surface area contributed by atoms with E-state index in [1.54, 1.807) is 25.1 Å². The van der Waals surface area contributed by atoms with Gasteiger partial charge in [-0.1, -0.05) is 11.6 Å². The summed E-state index contributed by atoms with van der Waals surface area (Å²) in [6.45, 7) is 2.52. The average molecular weight is 367 g/mol. The van der Waals surface area contributed by atoms with E-state index in [4.69, 9.17) is 21.4 Å². The SMILES string of the molecule is CC(Oc1ccc(Cl)cc1Br)C(=O)NCC(C)(O)CO. The highest BCUT2D eigenvalue weighted by Crippen LogP contribution is 2.28. The lowest BCUT2D eigenvalue weighted by Gasteiger charge is -2.22. The molecule has 0 fully saturated rings. The minimum Gasteiger partial charge on any atom is -0.480 e. The van der Waals surface area contributed by atoms with E-state index in [1.165, 1.54) is 6.92 Å². The Bertz CT molecular complexity index is 481. The van der Waals surface area contributed by atoms with Crippen molar-refractivity contribution in [1.82, 2.24) is 5.32 Å². The number of aliphatic hydroxyl groups excluding tert-OH is 1. The molecule has 1 aromatic carbocycles. The molecule has 3 N–H and O–H groups in total. The number of carbonyl (C=O) groups is 1. The number of aliphatic hydroxyl groups is 2. The van der Waals surface area contributed by atoms with E-state index in [0.717, 1.165) is 0 Å². The zero-order valence-electron chi connectivity index (χ0n) is 11.2. The van der Waals surface area contributed by atoms with Crippen molar-refractivity contribution >= 4 is 33.4 Å². The molecule has 5 nitrogen and oxygen atoms in total. The molecule has 0 saturated carbocycles. The molecule has 1 amide bonds. The Balaban J connectivity index is 2.57. The van der Waals surface area contributed by atoms with Crippen LogP contribution in [0.4, 0.5) is 0 Å². The first kappa shape index (κ1) is 17.2. The molecule has 0 aromatic heterocycles. The lowest BCUT2D eigenvalue weighted by molar-refractivity contribution is -0.128. The topological polar surface area (TPSA) is 78.8 Å². The summed E-state index contributed by atoms with van der Waals surface area (Å²) < 4.78 is 6.14. The Labute approximate surface area is 131 Å². The molecule has 0 aliphatic heterocycles. The van der Waals surface area contributed by atoms with E-state index in [1.807, 2.05) is 0 Å². The summed E-state index contributed by atoms with van der Waals surface area (Å²) >= 11 is 9.11. The summed E-state index contributed by atoms with van der Waals surface area (Å²) in [7, 11) is 0. The molecular weight excluding hydrogens is 350 g/mol. The van der Waals surface area contributed by atoms with Crippen LogP contribution in [0.15, 0.2) is 22.7 Å². The van der Waals surface area contributed by atoms with Crippen LogP contribution in [-0.2, 0) is 4.79 Å². The van der Waals surface area contributed by atoms with Gasteiger partial charge in [0.2, 0.25) is 0 Å². The van der Waals surface area contributed by atoms with E-state index in [-0.39, 0.29) is 12.5 Å². The minimum absolute atomic E-state index is 0.0577. The third-order valence-corrected chi connectivity index (χ3v) is 3.41. The van der Waals surface area contributed by atoms with Gasteiger partial charge in [-0.15, -0.1) is 0 Å². The molecule has 1 rings (SSSR count). The van der Waals surface area contributed by atoms with E-state index >= 15 is 0 Å². The van der Waals surface area contributed by atoms with Gasteiger partial charge in [0.05, 0.1) is 11.1 Å². The van der Waals surface area contributed by atoms with Gasteiger partial charge in [0.1, 0.15) is 11.4 Å². The second-order valence-electron chi connectivity index (χ2n) is 4.71. The first-order valence-corrected chi connectivity index (χ1v) is 7.15. The third kappa shape index (κ3) is 5.28. The van der Waals surface area contributed by atoms with Gasteiger partial charge in [0, 0.05) is 11.6 Å². The van der Waals surface area contributed by atoms with Gasteiger partial charge >= 0.3 is 0 Å². The van der Waals surface area contributed by atoms with Crippen molar-refractivity contribution in [3.63, 3.8) is 0 Å². The van der Waals surface area contributed by atoms with Gasteiger partial charge in [0.25, 0.3) is 5.91 Å². The average Bonchev–Trinajstić information content (AvgIpc) is 2.39. The number of nitrogens with one attached hydrogen (secondary N) is 1. The number of hydrogen-bond acceptors (Lipinski definition) is 4. The molecule has 2 unspecified atom stereocenters. The quantitative estimate of drug-likeness (QED) is 0.716.